The van der Waals surface area contributed by atoms with E-state index in [1.807, 2.05) is 6.07 Å². The number of fused-ring (bicyclic) bond motifs is 3. The molecule has 7 heteroatoms. The van der Waals surface area contributed by atoms with Crippen LogP contribution in [0, 0.1) is 0 Å². The summed E-state index contributed by atoms with van der Waals surface area (Å²) in [6.45, 7) is 1.42. The Hall–Kier alpha value is -0.980. The highest BCUT2D eigenvalue weighted by molar-refractivity contribution is 5.85. The molecule has 0 aliphatic carbocycles. The minimum absolute atomic E-state index is 0. The third kappa shape index (κ3) is 2.84. The highest BCUT2D eigenvalue weighted by Gasteiger charge is 2.41. The Kier molecular flexibility index (Phi) is 4.42. The Bertz CT molecular complexity index is 534. The van der Waals surface area contributed by atoms with E-state index in [4.69, 9.17) is 4.74 Å². The number of benzene rings is 1. The van der Waals surface area contributed by atoms with Crippen LogP contribution in [0.4, 0.5) is 18.9 Å². The number of hydrogen-bond donors (Lipinski definition) is 1. The van der Waals surface area contributed by atoms with E-state index >= 15 is 0 Å². The van der Waals surface area contributed by atoms with Gasteiger partial charge in [-0.1, -0.05) is 0 Å². The quantitative estimate of drug-likeness (QED) is 0.860. The van der Waals surface area contributed by atoms with Crippen molar-refractivity contribution >= 4 is 18.1 Å². The van der Waals surface area contributed by atoms with E-state index in [0.29, 0.717) is 24.3 Å². The van der Waals surface area contributed by atoms with E-state index in [2.05, 4.69) is 5.32 Å². The summed E-state index contributed by atoms with van der Waals surface area (Å²) in [5, 5.41) is 3.19. The topological polar surface area (TPSA) is 24.5 Å². The number of anilines is 1. The average molecular weight is 323 g/mol. The van der Waals surface area contributed by atoms with Crippen molar-refractivity contribution in [1.29, 1.82) is 0 Å². The lowest BCUT2D eigenvalue weighted by atomic mass is 9.86. The van der Waals surface area contributed by atoms with Gasteiger partial charge in [0.25, 0.3) is 0 Å². The van der Waals surface area contributed by atoms with Crippen LogP contribution < -0.4 is 10.2 Å². The molecule has 1 fully saturated rings. The van der Waals surface area contributed by atoms with Crippen LogP contribution in [-0.4, -0.2) is 33.3 Å². The summed E-state index contributed by atoms with van der Waals surface area (Å²) in [7, 11) is 3.51. The first-order valence-corrected chi connectivity index (χ1v) is 6.61. The van der Waals surface area contributed by atoms with Gasteiger partial charge < -0.3 is 15.0 Å². The lowest BCUT2D eigenvalue weighted by Gasteiger charge is -2.31. The molecule has 21 heavy (non-hydrogen) atoms. The lowest BCUT2D eigenvalue weighted by Crippen LogP contribution is -2.29. The molecule has 0 aromatic heterocycles. The van der Waals surface area contributed by atoms with E-state index in [0.717, 1.165) is 5.56 Å². The maximum absolute atomic E-state index is 13.3. The molecule has 3 nitrogen and oxygen atoms in total. The Labute approximate surface area is 127 Å². The van der Waals surface area contributed by atoms with Gasteiger partial charge in [-0.05, 0) is 23.3 Å². The summed E-state index contributed by atoms with van der Waals surface area (Å²) in [6, 6.07) is 3.09. The van der Waals surface area contributed by atoms with Crippen LogP contribution in [0.15, 0.2) is 12.1 Å². The van der Waals surface area contributed by atoms with Gasteiger partial charge in [-0.15, -0.1) is 12.4 Å². The molecule has 118 valence electrons. The number of alkyl halides is 3. The molecule has 2 atom stereocenters. The molecule has 2 heterocycles. The van der Waals surface area contributed by atoms with E-state index < -0.39 is 11.7 Å². The second-order valence-corrected chi connectivity index (χ2v) is 5.57. The number of ether oxygens (including phenoxy) is 1. The van der Waals surface area contributed by atoms with Gasteiger partial charge in [0, 0.05) is 38.8 Å². The maximum Gasteiger partial charge on any atom is 0.416 e. The van der Waals surface area contributed by atoms with Gasteiger partial charge in [0.2, 0.25) is 0 Å². The van der Waals surface area contributed by atoms with Gasteiger partial charge in [-0.3, -0.25) is 0 Å². The summed E-state index contributed by atoms with van der Waals surface area (Å²) < 4.78 is 45.4. The monoisotopic (exact) mass is 322 g/mol. The highest BCUT2D eigenvalue weighted by Crippen LogP contribution is 2.43. The zero-order chi connectivity index (χ0) is 14.5. The molecule has 0 bridgehead atoms. The van der Waals surface area contributed by atoms with Crippen molar-refractivity contribution in [3.05, 3.63) is 28.8 Å². The molecule has 2 aliphatic heterocycles. The van der Waals surface area contributed by atoms with Crippen molar-refractivity contribution in [1.82, 2.24) is 5.32 Å². The van der Waals surface area contributed by atoms with Gasteiger partial charge in [-0.2, -0.15) is 13.2 Å². The summed E-state index contributed by atoms with van der Waals surface area (Å²) >= 11 is 0. The summed E-state index contributed by atoms with van der Waals surface area (Å²) in [4.78, 5) is 1.71. The molecule has 3 rings (SSSR count). The van der Waals surface area contributed by atoms with Crippen LogP contribution in [0.5, 0.6) is 0 Å². The zero-order valence-corrected chi connectivity index (χ0v) is 12.6. The van der Waals surface area contributed by atoms with Crippen molar-refractivity contribution in [3.63, 3.8) is 0 Å². The number of halogens is 4. The number of nitrogens with one attached hydrogen (secondary N) is 1. The maximum atomic E-state index is 13.3. The van der Waals surface area contributed by atoms with Crippen LogP contribution in [0.3, 0.4) is 0 Å². The summed E-state index contributed by atoms with van der Waals surface area (Å²) in [6.07, 6.45) is -4.36. The minimum atomic E-state index is -4.35. The number of nitrogens with zero attached hydrogens (tertiary/aromatic N) is 1. The molecule has 0 radical (unpaired) electrons. The molecule has 0 spiro atoms. The van der Waals surface area contributed by atoms with E-state index in [1.165, 1.54) is 6.07 Å². The molecule has 2 aliphatic rings. The van der Waals surface area contributed by atoms with Crippen LogP contribution >= 0.6 is 12.4 Å². The van der Waals surface area contributed by atoms with Crippen molar-refractivity contribution in [3.8, 4) is 0 Å². The van der Waals surface area contributed by atoms with Crippen molar-refractivity contribution in [2.24, 2.45) is 0 Å². The van der Waals surface area contributed by atoms with Crippen molar-refractivity contribution < 1.29 is 17.9 Å². The second kappa shape index (κ2) is 5.66. The van der Waals surface area contributed by atoms with Crippen LogP contribution in [0.1, 0.15) is 22.6 Å². The zero-order valence-electron chi connectivity index (χ0n) is 11.8. The molecule has 1 N–H and O–H groups in total. The molecular weight excluding hydrogens is 305 g/mol. The SMILES string of the molecule is CN(C)c1cc2c(c(C(F)(F)F)c1)COC1CNCC21.Cl. The fraction of sp³-hybridized carbons (Fsp3) is 0.571. The van der Waals surface area contributed by atoms with E-state index in [9.17, 15) is 13.2 Å². The average Bonchev–Trinajstić information content (AvgIpc) is 2.84. The minimum Gasteiger partial charge on any atom is -0.378 e. The second-order valence-electron chi connectivity index (χ2n) is 5.57. The molecule has 0 saturated carbocycles. The Morgan fingerprint density at radius 1 is 1.24 bits per heavy atom. The van der Waals surface area contributed by atoms with Gasteiger partial charge >= 0.3 is 6.18 Å². The molecule has 2 unspecified atom stereocenters. The third-order valence-electron chi connectivity index (χ3n) is 4.09. The van der Waals surface area contributed by atoms with Gasteiger partial charge in [0.1, 0.15) is 0 Å². The normalized spacial score (nSPS) is 24.0. The smallest absolute Gasteiger partial charge is 0.378 e. The number of rotatable bonds is 1. The Morgan fingerprint density at radius 2 is 1.95 bits per heavy atom. The first kappa shape index (κ1) is 16.4. The van der Waals surface area contributed by atoms with Crippen LogP contribution in [0.2, 0.25) is 0 Å². The first-order chi connectivity index (χ1) is 9.38. The molecule has 0 amide bonds. The fourth-order valence-corrected chi connectivity index (χ4v) is 3.01. The van der Waals surface area contributed by atoms with Gasteiger partial charge in [-0.25, -0.2) is 0 Å². The predicted octanol–water partition coefficient (Wildman–Crippen LogP) is 2.78. The van der Waals surface area contributed by atoms with Crippen LogP contribution in [-0.2, 0) is 17.5 Å². The van der Waals surface area contributed by atoms with E-state index in [-0.39, 0.29) is 31.0 Å². The van der Waals surface area contributed by atoms with Crippen LogP contribution in [0.25, 0.3) is 0 Å². The fourth-order valence-electron chi connectivity index (χ4n) is 3.01. The number of hydrogen-bond acceptors (Lipinski definition) is 3. The lowest BCUT2D eigenvalue weighted by molar-refractivity contribution is -0.139. The highest BCUT2D eigenvalue weighted by atomic mass is 35.5. The molecule has 1 saturated heterocycles. The predicted molar refractivity (Wildman–Crippen MR) is 77.2 cm³/mol. The van der Waals surface area contributed by atoms with Crippen molar-refractivity contribution in [2.75, 3.05) is 32.1 Å². The Balaban J connectivity index is 0.00000161. The first-order valence-electron chi connectivity index (χ1n) is 6.61. The van der Waals surface area contributed by atoms with E-state index in [1.54, 1.807) is 19.0 Å². The third-order valence-corrected chi connectivity index (χ3v) is 4.09. The molecule has 1 aromatic rings. The Morgan fingerprint density at radius 3 is 2.57 bits per heavy atom. The van der Waals surface area contributed by atoms with Gasteiger partial charge in [0.15, 0.2) is 0 Å². The summed E-state index contributed by atoms with van der Waals surface area (Å²) in [5.74, 6) is 0.0137. The van der Waals surface area contributed by atoms with Gasteiger partial charge in [0.05, 0.1) is 18.3 Å². The molecular formula is C14H18ClF3N2O. The van der Waals surface area contributed by atoms with Crippen molar-refractivity contribution in [2.45, 2.75) is 24.8 Å². The molecule has 1 aromatic carbocycles. The standard InChI is InChI=1S/C14H17F3N2O.ClH/c1-19(2)8-3-9-10-5-18-6-13(10)20-7-11(9)12(4-8)14(15,16)17;/h3-4,10,13,18H,5-7H2,1-2H3;1H. The largest absolute Gasteiger partial charge is 0.416 e. The summed E-state index contributed by atoms with van der Waals surface area (Å²) in [5.41, 5.74) is 1.10.